The molecule has 4 heteroatoms. The van der Waals surface area contributed by atoms with Crippen LogP contribution >= 0.6 is 0 Å². The molecule has 0 saturated carbocycles. The van der Waals surface area contributed by atoms with E-state index in [1.165, 1.54) is 54.6 Å². The van der Waals surface area contributed by atoms with Crippen LogP contribution in [-0.2, 0) is 0 Å². The fourth-order valence-corrected chi connectivity index (χ4v) is 9.98. The van der Waals surface area contributed by atoms with Gasteiger partial charge in [-0.05, 0) is 106 Å². The lowest BCUT2D eigenvalue weighted by molar-refractivity contribution is 0.878. The Morgan fingerprint density at radius 3 is 1.95 bits per heavy atom. The molecule has 2 heterocycles. The van der Waals surface area contributed by atoms with E-state index in [1.807, 2.05) is 6.07 Å². The van der Waals surface area contributed by atoms with E-state index < -0.39 is 0 Å². The van der Waals surface area contributed by atoms with Gasteiger partial charge in [-0.3, -0.25) is 4.99 Å². The van der Waals surface area contributed by atoms with Crippen molar-refractivity contribution in [3.8, 4) is 16.8 Å². The number of amidine groups is 1. The van der Waals surface area contributed by atoms with Gasteiger partial charge in [0.25, 0.3) is 0 Å². The molecule has 0 aliphatic heterocycles. The summed E-state index contributed by atoms with van der Waals surface area (Å²) in [7, 11) is 0. The summed E-state index contributed by atoms with van der Waals surface area (Å²) in [5.41, 5.74) is 12.4. The van der Waals surface area contributed by atoms with Gasteiger partial charge in [-0.1, -0.05) is 170 Å². The maximum Gasteiger partial charge on any atom is 0.154 e. The smallest absolute Gasteiger partial charge is 0.154 e. The molecular formula is C59H42N4. The van der Waals surface area contributed by atoms with Crippen LogP contribution in [0.15, 0.2) is 222 Å². The number of hydrogen-bond donors (Lipinski definition) is 0. The zero-order chi connectivity index (χ0) is 41.9. The molecule has 0 amide bonds. The Bertz CT molecular complexity index is 3680. The number of para-hydroxylation sites is 1. The number of allylic oxidation sites excluding steroid dienone is 4. The quantitative estimate of drug-likeness (QED) is 0.114. The van der Waals surface area contributed by atoms with Crippen molar-refractivity contribution in [2.45, 2.75) is 18.9 Å². The Kier molecular flexibility index (Phi) is 8.82. The van der Waals surface area contributed by atoms with Gasteiger partial charge in [-0.15, -0.1) is 0 Å². The highest BCUT2D eigenvalue weighted by Crippen LogP contribution is 2.43. The van der Waals surface area contributed by atoms with Crippen LogP contribution in [0.3, 0.4) is 0 Å². The minimum atomic E-state index is -0.369. The number of hydrogen-bond acceptors (Lipinski definition) is 1. The average Bonchev–Trinajstić information content (AvgIpc) is 3.86. The second-order valence-corrected chi connectivity index (χ2v) is 16.5. The first-order valence-electron chi connectivity index (χ1n) is 21.8. The Labute approximate surface area is 365 Å². The highest BCUT2D eigenvalue weighted by Gasteiger charge is 2.23. The molecule has 11 aromatic rings. The van der Waals surface area contributed by atoms with Gasteiger partial charge in [-0.25, -0.2) is 4.99 Å². The Hall–Kier alpha value is -8.08. The number of aromatic nitrogens is 2. The van der Waals surface area contributed by atoms with Crippen molar-refractivity contribution in [2.24, 2.45) is 9.98 Å². The highest BCUT2D eigenvalue weighted by molar-refractivity contribution is 6.26. The van der Waals surface area contributed by atoms with Crippen LogP contribution in [-0.4, -0.2) is 21.7 Å². The molecule has 4 nitrogen and oxygen atoms in total. The fraction of sp³-hybridized carbons (Fsp3) is 0.0508. The molecule has 12 rings (SSSR count). The first-order chi connectivity index (χ1) is 31.2. The molecule has 1 aliphatic carbocycles. The number of rotatable bonds is 7. The lowest BCUT2D eigenvalue weighted by Gasteiger charge is -2.20. The van der Waals surface area contributed by atoms with E-state index in [1.54, 1.807) is 0 Å². The summed E-state index contributed by atoms with van der Waals surface area (Å²) < 4.78 is 4.95. The molecule has 298 valence electrons. The number of fused-ring (bicyclic) bond motifs is 9. The summed E-state index contributed by atoms with van der Waals surface area (Å²) in [4.78, 5) is 10.1. The molecule has 0 radical (unpaired) electrons. The average molecular weight is 807 g/mol. The van der Waals surface area contributed by atoms with E-state index in [-0.39, 0.29) is 6.04 Å². The van der Waals surface area contributed by atoms with Gasteiger partial charge in [0.05, 0.1) is 22.1 Å². The van der Waals surface area contributed by atoms with E-state index in [0.717, 1.165) is 62.6 Å². The van der Waals surface area contributed by atoms with Gasteiger partial charge in [-0.2, -0.15) is 0 Å². The van der Waals surface area contributed by atoms with Crippen molar-refractivity contribution in [2.75, 3.05) is 0 Å². The molecule has 1 unspecified atom stereocenters. The van der Waals surface area contributed by atoms with E-state index in [4.69, 9.17) is 4.99 Å². The van der Waals surface area contributed by atoms with Crippen LogP contribution < -0.4 is 0 Å². The topological polar surface area (TPSA) is 34.6 Å². The lowest BCUT2D eigenvalue weighted by atomic mass is 9.93. The fourth-order valence-electron chi connectivity index (χ4n) is 9.98. The predicted molar refractivity (Wildman–Crippen MR) is 268 cm³/mol. The molecule has 1 aliphatic rings. The van der Waals surface area contributed by atoms with Crippen molar-refractivity contribution < 1.29 is 0 Å². The maximum atomic E-state index is 5.52. The Morgan fingerprint density at radius 1 is 0.492 bits per heavy atom. The highest BCUT2D eigenvalue weighted by atomic mass is 15.0. The molecule has 0 spiro atoms. The normalized spacial score (nSPS) is 13.7. The predicted octanol–water partition coefficient (Wildman–Crippen LogP) is 15.3. The minimum Gasteiger partial charge on any atom is -0.309 e. The first-order valence-corrected chi connectivity index (χ1v) is 21.8. The molecule has 2 aromatic heterocycles. The summed E-state index contributed by atoms with van der Waals surface area (Å²) in [6.07, 6.45) is 9.07. The number of benzene rings is 9. The van der Waals surface area contributed by atoms with Gasteiger partial charge in [0.15, 0.2) is 5.84 Å². The van der Waals surface area contributed by atoms with Gasteiger partial charge in [0, 0.05) is 38.5 Å². The summed E-state index contributed by atoms with van der Waals surface area (Å²) in [6.45, 7) is 4.05. The minimum absolute atomic E-state index is 0.369. The molecule has 63 heavy (non-hydrogen) atoms. The van der Waals surface area contributed by atoms with Crippen LogP contribution in [0.5, 0.6) is 0 Å². The van der Waals surface area contributed by atoms with E-state index in [9.17, 15) is 0 Å². The Balaban J connectivity index is 1.11. The summed E-state index contributed by atoms with van der Waals surface area (Å²) in [6, 6.07) is 69.6. The third-order valence-corrected chi connectivity index (χ3v) is 12.9. The SMILES string of the molecule is C=NC(=NC(c1ccccc1)c1cc(-n2c3ccccc3c3cc4c5c6ccccc6ccc5n(C5=CCCC=C5)c4cc32)cc2ccccc12)c1ccc(-c2ccccc2)cc1. The second-order valence-electron chi connectivity index (χ2n) is 16.5. The van der Waals surface area contributed by atoms with Gasteiger partial charge >= 0.3 is 0 Å². The molecule has 9 aromatic carbocycles. The monoisotopic (exact) mass is 806 g/mol. The largest absolute Gasteiger partial charge is 0.309 e. The third-order valence-electron chi connectivity index (χ3n) is 12.9. The molecule has 0 fully saturated rings. The first kappa shape index (κ1) is 36.7. The van der Waals surface area contributed by atoms with E-state index in [0.29, 0.717) is 5.84 Å². The zero-order valence-corrected chi connectivity index (χ0v) is 34.7. The van der Waals surface area contributed by atoms with Crippen molar-refractivity contribution >= 4 is 83.4 Å². The van der Waals surface area contributed by atoms with Crippen molar-refractivity contribution in [3.05, 3.63) is 229 Å². The molecule has 0 saturated heterocycles. The zero-order valence-electron chi connectivity index (χ0n) is 34.7. The molecule has 0 N–H and O–H groups in total. The van der Waals surface area contributed by atoms with Gasteiger partial charge in [0.2, 0.25) is 0 Å². The van der Waals surface area contributed by atoms with Gasteiger partial charge < -0.3 is 9.13 Å². The van der Waals surface area contributed by atoms with Crippen molar-refractivity contribution in [1.29, 1.82) is 0 Å². The van der Waals surface area contributed by atoms with Crippen LogP contribution in [0.25, 0.3) is 87.7 Å². The van der Waals surface area contributed by atoms with E-state index >= 15 is 0 Å². The second kappa shape index (κ2) is 15.1. The van der Waals surface area contributed by atoms with Crippen molar-refractivity contribution in [3.63, 3.8) is 0 Å². The molecule has 0 bridgehead atoms. The van der Waals surface area contributed by atoms with Gasteiger partial charge in [0.1, 0.15) is 6.04 Å². The Morgan fingerprint density at radius 2 is 1.17 bits per heavy atom. The molecule has 1 atom stereocenters. The summed E-state index contributed by atoms with van der Waals surface area (Å²) in [5, 5.41) is 9.81. The lowest BCUT2D eigenvalue weighted by Crippen LogP contribution is -2.07. The van der Waals surface area contributed by atoms with Crippen LogP contribution in [0.2, 0.25) is 0 Å². The summed E-state index contributed by atoms with van der Waals surface area (Å²) in [5.74, 6) is 0.601. The maximum absolute atomic E-state index is 5.52. The standard InChI is InChI=1S/C59H42N4/c1-60-59(43-31-29-40(30-32-43)39-17-5-2-6-18-39)61-58(42-20-7-3-8-21-42)51-36-46(35-44-22-12-13-25-47(44)51)63-53-28-16-15-27-49(53)50-37-52-56(38-55(50)63)62(45-23-9-4-10-24-45)54-34-33-41-19-11-14-26-48(41)57(52)54/h2-3,5-9,11-38,58H,1,4,10H2. The number of aliphatic imine (C=N–C) groups is 2. The van der Waals surface area contributed by atoms with Crippen LogP contribution in [0, 0.1) is 0 Å². The van der Waals surface area contributed by atoms with Crippen LogP contribution in [0.1, 0.15) is 35.6 Å². The summed E-state index contributed by atoms with van der Waals surface area (Å²) >= 11 is 0. The van der Waals surface area contributed by atoms with Crippen LogP contribution in [0.4, 0.5) is 0 Å². The molecular weight excluding hydrogens is 765 g/mol. The third kappa shape index (κ3) is 6.14. The van der Waals surface area contributed by atoms with Crippen molar-refractivity contribution in [1.82, 2.24) is 9.13 Å². The number of nitrogens with zero attached hydrogens (tertiary/aromatic N) is 4. The van der Waals surface area contributed by atoms with E-state index in [2.05, 4.69) is 227 Å².